The molecule has 0 bridgehead atoms. The average Bonchev–Trinajstić information content (AvgIpc) is 3.12. The number of rotatable bonds is 16. The van der Waals surface area contributed by atoms with E-state index in [4.69, 9.17) is 0 Å². The van der Waals surface area contributed by atoms with Gasteiger partial charge in [-0.25, -0.2) is 16.8 Å². The predicted octanol–water partition coefficient (Wildman–Crippen LogP) is -7.46. The van der Waals surface area contributed by atoms with Crippen LogP contribution in [0.1, 0.15) is 15.9 Å². The van der Waals surface area contributed by atoms with Gasteiger partial charge in [-0.15, -0.1) is 10.2 Å². The number of nitrogens with zero attached hydrogens (tertiary/aromatic N) is 7. The van der Waals surface area contributed by atoms with Crippen LogP contribution in [0.5, 0.6) is 5.75 Å². The predicted molar refractivity (Wildman–Crippen MR) is 194 cm³/mol. The number of para-hydroxylation sites is 1. The quantitative estimate of drug-likeness (QED) is 0.0350. The Kier molecular flexibility index (Phi) is 19.4. The number of aromatic hydroxyl groups is 1. The molecule has 4 aromatic carbocycles. The van der Waals surface area contributed by atoms with Crippen LogP contribution in [-0.2, 0) is 26.8 Å². The van der Waals surface area contributed by atoms with Crippen LogP contribution in [0.4, 0.5) is 40.6 Å². The molecular weight excluding hydrogens is 832 g/mol. The summed E-state index contributed by atoms with van der Waals surface area (Å²) >= 11 is 0. The van der Waals surface area contributed by atoms with E-state index in [0.29, 0.717) is 5.56 Å². The maximum Gasteiger partial charge on any atom is 1.00 e. The smallest absolute Gasteiger partial charge is 0.744 e. The number of carboxylic acids is 1. The molecule has 290 valence electrons. The van der Waals surface area contributed by atoms with Crippen molar-refractivity contribution in [3.63, 3.8) is 0 Å². The first-order valence-corrected chi connectivity index (χ1v) is 18.8. The molecule has 0 fully saturated rings. The van der Waals surface area contributed by atoms with Crippen molar-refractivity contribution in [2.45, 2.75) is 16.3 Å². The van der Waals surface area contributed by atoms with E-state index in [1.54, 1.807) is 13.1 Å². The van der Waals surface area contributed by atoms with Crippen molar-refractivity contribution in [1.29, 1.82) is 0 Å². The topological polar surface area (TPSA) is 309 Å². The van der Waals surface area contributed by atoms with E-state index in [0.717, 1.165) is 18.2 Å². The van der Waals surface area contributed by atoms with Crippen LogP contribution in [0.2, 0.25) is 0 Å². The molecule has 1 aromatic heterocycles. The van der Waals surface area contributed by atoms with Crippen LogP contribution >= 0.6 is 0 Å². The summed E-state index contributed by atoms with van der Waals surface area (Å²) in [6, 6.07) is 14.1. The third-order valence-electron chi connectivity index (χ3n) is 7.94. The zero-order chi connectivity index (χ0) is 40.1. The molecule has 0 aliphatic rings. The molecule has 5 N–H and O–H groups in total. The number of aromatic nitrogens is 3. The van der Waals surface area contributed by atoms with Crippen molar-refractivity contribution in [3.8, 4) is 5.75 Å². The summed E-state index contributed by atoms with van der Waals surface area (Å²) in [5.41, 5.74) is 0.0823. The summed E-state index contributed by atoms with van der Waals surface area (Å²) in [6.45, 7) is -0.660. The largest absolute Gasteiger partial charge is 1.00 e. The number of azo groups is 1. The number of phenols is 1. The van der Waals surface area contributed by atoms with Crippen LogP contribution in [0.15, 0.2) is 86.7 Å². The van der Waals surface area contributed by atoms with Crippen molar-refractivity contribution in [2.75, 3.05) is 60.8 Å². The fraction of sp³-hybridized carbons (Fsp3) is 0.212. The van der Waals surface area contributed by atoms with Crippen molar-refractivity contribution in [1.82, 2.24) is 15.0 Å². The number of benzene rings is 4. The monoisotopic (exact) mass is 863 g/mol. The molecule has 1 heterocycles. The summed E-state index contributed by atoms with van der Waals surface area (Å²) in [4.78, 5) is 26.5. The molecule has 20 nitrogen and oxygen atoms in total. The molecule has 5 aromatic rings. The Morgan fingerprint density at radius 2 is 1.48 bits per heavy atom. The Morgan fingerprint density at radius 1 is 0.828 bits per heavy atom. The third kappa shape index (κ3) is 12.5. The van der Waals surface area contributed by atoms with Gasteiger partial charge in [0.25, 0.3) is 0 Å². The summed E-state index contributed by atoms with van der Waals surface area (Å²) in [5, 5.41) is 55.7. The van der Waals surface area contributed by atoms with Crippen LogP contribution in [0.25, 0.3) is 10.8 Å². The van der Waals surface area contributed by atoms with E-state index in [1.807, 2.05) is 0 Å². The van der Waals surface area contributed by atoms with Crippen LogP contribution in [0.3, 0.4) is 0 Å². The Labute approximate surface area is 399 Å². The molecule has 0 atom stereocenters. The number of hydrogen-bond donors (Lipinski definition) is 5. The van der Waals surface area contributed by atoms with E-state index < -0.39 is 47.4 Å². The van der Waals surface area contributed by atoms with Gasteiger partial charge in [-0.05, 0) is 47.3 Å². The first kappa shape index (κ1) is 51.1. The van der Waals surface area contributed by atoms with Gasteiger partial charge in [-0.3, -0.25) is 0 Å². The number of aliphatic hydroxyl groups excluding tert-OH is 2. The number of aliphatic hydroxyl groups is 2. The fourth-order valence-corrected chi connectivity index (χ4v) is 6.53. The van der Waals surface area contributed by atoms with Gasteiger partial charge in [0.05, 0.1) is 40.0 Å². The molecule has 0 saturated carbocycles. The number of carbonyl (C=O) groups excluding carboxylic acids is 1. The summed E-state index contributed by atoms with van der Waals surface area (Å²) < 4.78 is 71.8. The zero-order valence-electron chi connectivity index (χ0n) is 31.9. The summed E-state index contributed by atoms with van der Waals surface area (Å²) in [5.74, 6) is -2.18. The minimum Gasteiger partial charge on any atom is -0.744 e. The number of phenolic OH excluding ortho intramolecular Hbond substituents is 1. The van der Waals surface area contributed by atoms with Crippen LogP contribution < -0.4 is 114 Å². The molecule has 0 unspecified atom stereocenters. The second-order valence-electron chi connectivity index (χ2n) is 11.7. The SMILES string of the molecule is CNc1ccc2cc(S(=O)(=O)[O-])cc(O)c2c1N=Nc1cc(CN(C)c2nc(Nc3ccccc3C(=O)[O-])nc(N(CCO)CCO)n2)ccc1S(=O)(=O)[O-].[Na+].[Na+].[Na+]. The number of carbonyl (C=O) groups is 1. The van der Waals surface area contributed by atoms with E-state index in [9.17, 15) is 51.2 Å². The van der Waals surface area contributed by atoms with Gasteiger partial charge in [-0.2, -0.15) is 15.0 Å². The molecule has 58 heavy (non-hydrogen) atoms. The van der Waals surface area contributed by atoms with Gasteiger partial charge in [-0.1, -0.05) is 30.3 Å². The second kappa shape index (κ2) is 22.0. The molecule has 0 aliphatic carbocycles. The normalized spacial score (nSPS) is 11.3. The Bertz CT molecular complexity index is 2510. The molecule has 0 saturated heterocycles. The maximum absolute atomic E-state index is 12.3. The standard InChI is InChI=1S/C33H35N9O11S2.3Na/c1-34-24-9-8-20-16-21(54(48,49)50)17-26(45)28(20)29(24)40-39-25-15-19(7-10-27(25)55(51,52)53)18-41(2)32-36-31(35-23-6-4-3-5-22(23)30(46)47)37-33(38-32)42(11-13-43)12-14-44;;;/h3-10,15-17,34,43-45H,11-14,18H2,1-2H3,(H,46,47)(H,48,49,50)(H,51,52,53)(H,35,36,37,38);;;/q;3*+1/p-3. The Morgan fingerprint density at radius 3 is 2.09 bits per heavy atom. The van der Waals surface area contributed by atoms with Gasteiger partial charge in [0.1, 0.15) is 37.4 Å². The van der Waals surface area contributed by atoms with E-state index in [1.165, 1.54) is 59.3 Å². The van der Waals surface area contributed by atoms with Crippen LogP contribution in [-0.4, -0.2) is 103 Å². The number of aromatic carboxylic acids is 1. The maximum atomic E-state index is 12.3. The Hall–Kier alpha value is -3.04. The number of carboxylic acid groups (broad SMARTS) is 1. The first-order chi connectivity index (χ1) is 26.0. The fourth-order valence-electron chi connectivity index (χ4n) is 5.41. The average molecular weight is 864 g/mol. The van der Waals surface area contributed by atoms with Gasteiger partial charge in [0, 0.05) is 45.0 Å². The van der Waals surface area contributed by atoms with Gasteiger partial charge >= 0.3 is 88.7 Å². The van der Waals surface area contributed by atoms with Crippen molar-refractivity contribution >= 4 is 77.6 Å². The number of nitrogens with one attached hydrogen (secondary N) is 2. The summed E-state index contributed by atoms with van der Waals surface area (Å²) in [7, 11) is -6.97. The summed E-state index contributed by atoms with van der Waals surface area (Å²) in [6.07, 6.45) is 0. The molecule has 25 heteroatoms. The first-order valence-electron chi connectivity index (χ1n) is 16.0. The molecule has 0 aliphatic heterocycles. The molecule has 0 amide bonds. The number of fused-ring (bicyclic) bond motifs is 1. The zero-order valence-corrected chi connectivity index (χ0v) is 39.6. The second-order valence-corrected chi connectivity index (χ2v) is 14.4. The number of hydrogen-bond acceptors (Lipinski definition) is 20. The molecular formula is C33H32N9Na3O11S2. The Balaban J connectivity index is 0.00000387. The van der Waals surface area contributed by atoms with E-state index in [2.05, 4.69) is 35.8 Å². The third-order valence-corrected chi connectivity index (χ3v) is 9.64. The molecule has 0 spiro atoms. The number of anilines is 5. The van der Waals surface area contributed by atoms with Gasteiger partial charge < -0.3 is 54.8 Å². The van der Waals surface area contributed by atoms with Crippen LogP contribution in [0, 0.1) is 0 Å². The van der Waals surface area contributed by atoms with E-state index >= 15 is 0 Å². The van der Waals surface area contributed by atoms with Gasteiger partial charge in [0.15, 0.2) is 0 Å². The van der Waals surface area contributed by atoms with E-state index in [-0.39, 0.29) is 173 Å². The van der Waals surface area contributed by atoms with Crippen molar-refractivity contribution < 1.29 is 140 Å². The van der Waals surface area contributed by atoms with Gasteiger partial charge in [0.2, 0.25) is 17.8 Å². The van der Waals surface area contributed by atoms with Crippen molar-refractivity contribution in [3.05, 3.63) is 77.9 Å². The minimum atomic E-state index is -5.11. The molecule has 5 rings (SSSR count). The van der Waals surface area contributed by atoms with Crippen molar-refractivity contribution in [2.24, 2.45) is 10.2 Å². The minimum absolute atomic E-state index is 0. The molecule has 0 radical (unpaired) electrons.